The van der Waals surface area contributed by atoms with E-state index in [0.29, 0.717) is 57.1 Å². The second kappa shape index (κ2) is 13.6. The van der Waals surface area contributed by atoms with Gasteiger partial charge < -0.3 is 14.4 Å². The number of rotatable bonds is 8. The minimum Gasteiger partial charge on any atom is -0.496 e. The molecule has 3 heterocycles. The molecule has 3 aromatic rings. The highest BCUT2D eigenvalue weighted by molar-refractivity contribution is 5.98. The molecule has 0 N–H and O–H groups in total. The van der Waals surface area contributed by atoms with Crippen molar-refractivity contribution in [2.75, 3.05) is 46.6 Å². The van der Waals surface area contributed by atoms with Crippen molar-refractivity contribution in [1.29, 1.82) is 0 Å². The fraction of sp³-hybridized carbons (Fsp3) is 0.444. The Labute approximate surface area is 267 Å². The maximum atomic E-state index is 13.4. The van der Waals surface area contributed by atoms with Gasteiger partial charge in [0.05, 0.1) is 18.3 Å². The molecule has 244 valence electrons. The molecule has 1 amide bonds. The number of likely N-dealkylation sites (tertiary alicyclic amines) is 2. The lowest BCUT2D eigenvalue weighted by Crippen LogP contribution is -2.46. The molecule has 7 nitrogen and oxygen atoms in total. The summed E-state index contributed by atoms with van der Waals surface area (Å²) >= 11 is 0. The fourth-order valence-electron chi connectivity index (χ4n) is 6.92. The zero-order valence-corrected chi connectivity index (χ0v) is 26.1. The van der Waals surface area contributed by atoms with Crippen LogP contribution in [0.2, 0.25) is 0 Å². The maximum Gasteiger partial charge on any atom is 0.416 e. The number of ketones is 1. The molecule has 0 radical (unpaired) electrons. The second-order valence-electron chi connectivity index (χ2n) is 12.7. The van der Waals surface area contributed by atoms with Crippen molar-refractivity contribution >= 4 is 11.7 Å². The number of hydrogen-bond donors (Lipinski definition) is 0. The number of carbonyl (C=O) groups is 2. The molecular weight excluding hydrogens is 595 g/mol. The normalized spacial score (nSPS) is 19.4. The number of alkyl halides is 3. The van der Waals surface area contributed by atoms with Crippen LogP contribution in [-0.4, -0.2) is 78.6 Å². The van der Waals surface area contributed by atoms with E-state index in [9.17, 15) is 22.8 Å². The average Bonchev–Trinajstić information content (AvgIpc) is 3.47. The van der Waals surface area contributed by atoms with Crippen LogP contribution >= 0.6 is 0 Å². The monoisotopic (exact) mass is 635 g/mol. The van der Waals surface area contributed by atoms with Crippen molar-refractivity contribution in [2.45, 2.75) is 50.6 Å². The molecule has 0 unspecified atom stereocenters. The van der Waals surface area contributed by atoms with Crippen molar-refractivity contribution < 1.29 is 32.2 Å². The van der Waals surface area contributed by atoms with E-state index in [4.69, 9.17) is 9.47 Å². The number of nitrogens with zero attached hydrogens (tertiary/aromatic N) is 3. The number of halogens is 3. The van der Waals surface area contributed by atoms with Crippen LogP contribution in [-0.2, 0) is 24.0 Å². The minimum absolute atomic E-state index is 0.0537. The molecule has 0 atom stereocenters. The highest BCUT2D eigenvalue weighted by Crippen LogP contribution is 2.35. The molecule has 6 rings (SSSR count). The van der Waals surface area contributed by atoms with Crippen LogP contribution in [0, 0.1) is 5.92 Å². The fourth-order valence-corrected chi connectivity index (χ4v) is 6.92. The van der Waals surface area contributed by atoms with Crippen molar-refractivity contribution in [3.05, 3.63) is 101 Å². The molecule has 3 fully saturated rings. The van der Waals surface area contributed by atoms with Crippen LogP contribution in [0.1, 0.15) is 63.1 Å². The Hall–Kier alpha value is -3.73. The van der Waals surface area contributed by atoms with Crippen LogP contribution in [0.3, 0.4) is 0 Å². The van der Waals surface area contributed by atoms with E-state index in [1.165, 1.54) is 0 Å². The molecule has 10 heteroatoms. The Balaban J connectivity index is 0.993. The van der Waals surface area contributed by atoms with Crippen LogP contribution in [0.4, 0.5) is 13.2 Å². The number of carbonyl (C=O) groups excluding carboxylic acids is 2. The van der Waals surface area contributed by atoms with Crippen molar-refractivity contribution in [3.63, 3.8) is 0 Å². The Kier molecular flexibility index (Phi) is 9.49. The van der Waals surface area contributed by atoms with Gasteiger partial charge in [0.25, 0.3) is 5.91 Å². The standard InChI is InChI=1S/C36H40F3N3O4/c1-45-32-21-29(34(44)42-17-13-28(14-18-42)33(43)27-5-3-2-4-6-27)9-10-30(32)23-41-24-35(46-25-41)15-19-40(20-16-35)22-26-7-11-31(12-8-26)36(37,38)39/h2-12,21,28H,13-20,22-25H2,1H3. The SMILES string of the molecule is COc1cc(C(=O)N2CCC(C(=O)c3ccccc3)CC2)ccc1CN1COC2(CCN(Cc3ccc(C(F)(F)F)cc3)CC2)C1. The molecule has 0 bridgehead atoms. The quantitative estimate of drug-likeness (QED) is 0.272. The molecule has 0 aliphatic carbocycles. The van der Waals surface area contributed by atoms with Crippen LogP contribution in [0.25, 0.3) is 0 Å². The lowest BCUT2D eigenvalue weighted by atomic mass is 9.88. The van der Waals surface area contributed by atoms with Crippen LogP contribution in [0.15, 0.2) is 72.8 Å². The van der Waals surface area contributed by atoms with Gasteiger partial charge in [-0.25, -0.2) is 0 Å². The first-order valence-electron chi connectivity index (χ1n) is 15.9. The lowest BCUT2D eigenvalue weighted by molar-refractivity contribution is -0.137. The van der Waals surface area contributed by atoms with E-state index < -0.39 is 11.7 Å². The van der Waals surface area contributed by atoms with Gasteiger partial charge in [0.1, 0.15) is 12.5 Å². The Morgan fingerprint density at radius 2 is 1.57 bits per heavy atom. The van der Waals surface area contributed by atoms with Gasteiger partial charge in [0.2, 0.25) is 0 Å². The first-order valence-corrected chi connectivity index (χ1v) is 15.9. The summed E-state index contributed by atoms with van der Waals surface area (Å²) in [4.78, 5) is 32.6. The van der Waals surface area contributed by atoms with Crippen LogP contribution in [0.5, 0.6) is 5.75 Å². The zero-order chi connectivity index (χ0) is 32.3. The van der Waals surface area contributed by atoms with Gasteiger partial charge in [-0.3, -0.25) is 19.4 Å². The van der Waals surface area contributed by atoms with E-state index >= 15 is 0 Å². The Morgan fingerprint density at radius 1 is 0.870 bits per heavy atom. The predicted molar refractivity (Wildman–Crippen MR) is 167 cm³/mol. The molecule has 0 saturated carbocycles. The first kappa shape index (κ1) is 32.2. The topological polar surface area (TPSA) is 62.3 Å². The second-order valence-corrected chi connectivity index (χ2v) is 12.7. The van der Waals surface area contributed by atoms with E-state index in [2.05, 4.69) is 9.80 Å². The summed E-state index contributed by atoms with van der Waals surface area (Å²) in [7, 11) is 1.61. The van der Waals surface area contributed by atoms with E-state index in [-0.39, 0.29) is 23.2 Å². The molecule has 3 aliphatic heterocycles. The van der Waals surface area contributed by atoms with Crippen molar-refractivity contribution in [3.8, 4) is 5.75 Å². The third kappa shape index (κ3) is 7.29. The lowest BCUT2D eigenvalue weighted by Gasteiger charge is -2.38. The summed E-state index contributed by atoms with van der Waals surface area (Å²) in [5, 5.41) is 0. The van der Waals surface area contributed by atoms with Crippen molar-refractivity contribution in [1.82, 2.24) is 14.7 Å². The predicted octanol–water partition coefficient (Wildman–Crippen LogP) is 6.27. The van der Waals surface area contributed by atoms with Gasteiger partial charge in [-0.1, -0.05) is 48.5 Å². The molecule has 46 heavy (non-hydrogen) atoms. The van der Waals surface area contributed by atoms with Crippen molar-refractivity contribution in [2.24, 2.45) is 5.92 Å². The molecule has 3 aliphatic rings. The van der Waals surface area contributed by atoms with E-state index in [0.717, 1.165) is 61.3 Å². The van der Waals surface area contributed by atoms with Gasteiger partial charge in [-0.15, -0.1) is 0 Å². The number of amides is 1. The number of Topliss-reactive ketones (excluding diaryl/α,β-unsaturated/α-hetero) is 1. The average molecular weight is 636 g/mol. The summed E-state index contributed by atoms with van der Waals surface area (Å²) in [6.45, 7) is 5.23. The third-order valence-electron chi connectivity index (χ3n) is 9.66. The number of piperidine rings is 2. The zero-order valence-electron chi connectivity index (χ0n) is 26.1. The molecule has 3 saturated heterocycles. The summed E-state index contributed by atoms with van der Waals surface area (Å²) in [6, 6.07) is 20.4. The van der Waals surface area contributed by atoms with Gasteiger partial charge >= 0.3 is 6.18 Å². The van der Waals surface area contributed by atoms with Gasteiger partial charge in [0, 0.05) is 68.4 Å². The van der Waals surface area contributed by atoms with Crippen LogP contribution < -0.4 is 4.74 Å². The van der Waals surface area contributed by atoms with Gasteiger partial charge in [-0.2, -0.15) is 13.2 Å². The highest BCUT2D eigenvalue weighted by atomic mass is 19.4. The summed E-state index contributed by atoms with van der Waals surface area (Å²) in [6.07, 6.45) is -1.32. The molecular formula is C36H40F3N3O4. The maximum absolute atomic E-state index is 13.4. The smallest absolute Gasteiger partial charge is 0.416 e. The van der Waals surface area contributed by atoms with Gasteiger partial charge in [0.15, 0.2) is 5.78 Å². The van der Waals surface area contributed by atoms with E-state index in [1.54, 1.807) is 19.2 Å². The number of ether oxygens (including phenoxy) is 2. The first-order chi connectivity index (χ1) is 22.1. The van der Waals surface area contributed by atoms with E-state index in [1.807, 2.05) is 53.4 Å². The minimum atomic E-state index is -4.32. The Bertz CT molecular complexity index is 1510. The largest absolute Gasteiger partial charge is 0.496 e. The Morgan fingerprint density at radius 3 is 2.22 bits per heavy atom. The summed E-state index contributed by atoms with van der Waals surface area (Å²) in [5.41, 5.74) is 2.28. The number of methoxy groups -OCH3 is 1. The molecule has 3 aromatic carbocycles. The number of hydrogen-bond acceptors (Lipinski definition) is 6. The highest BCUT2D eigenvalue weighted by Gasteiger charge is 2.42. The van der Waals surface area contributed by atoms with Gasteiger partial charge in [-0.05, 0) is 55.5 Å². The summed E-state index contributed by atoms with van der Waals surface area (Å²) in [5.74, 6) is 0.685. The summed E-state index contributed by atoms with van der Waals surface area (Å²) < 4.78 is 50.7. The molecule has 0 aromatic heterocycles. The number of benzene rings is 3. The third-order valence-corrected chi connectivity index (χ3v) is 9.66. The molecule has 1 spiro atoms.